The average Bonchev–Trinajstić information content (AvgIpc) is 2.60. The van der Waals surface area contributed by atoms with E-state index in [2.05, 4.69) is 10.6 Å². The van der Waals surface area contributed by atoms with Crippen molar-refractivity contribution < 1.29 is 18.0 Å². The van der Waals surface area contributed by atoms with Crippen LogP contribution in [0.25, 0.3) is 0 Å². The Labute approximate surface area is 148 Å². The molecule has 0 saturated carbocycles. The second kappa shape index (κ2) is 7.74. The third-order valence-electron chi connectivity index (χ3n) is 3.65. The number of carbonyl (C=O) groups excluding carboxylic acids is 1. The van der Waals surface area contributed by atoms with Gasteiger partial charge in [-0.2, -0.15) is 0 Å². The van der Waals surface area contributed by atoms with Crippen LogP contribution < -0.4 is 10.6 Å². The van der Waals surface area contributed by atoms with E-state index in [1.54, 1.807) is 36.4 Å². The molecule has 0 bridgehead atoms. The summed E-state index contributed by atoms with van der Waals surface area (Å²) in [4.78, 5) is 12.0. The van der Waals surface area contributed by atoms with Crippen LogP contribution in [-0.4, -0.2) is 5.91 Å². The highest BCUT2D eigenvalue weighted by atomic mass is 19.1. The maximum atomic E-state index is 13.6. The molecule has 0 saturated heterocycles. The van der Waals surface area contributed by atoms with Gasteiger partial charge in [-0.1, -0.05) is 18.2 Å². The third-order valence-corrected chi connectivity index (χ3v) is 3.65. The first-order chi connectivity index (χ1) is 12.5. The van der Waals surface area contributed by atoms with Gasteiger partial charge in [0.1, 0.15) is 23.1 Å². The molecule has 0 aliphatic heterocycles. The van der Waals surface area contributed by atoms with E-state index in [1.807, 2.05) is 0 Å². The monoisotopic (exact) mass is 356 g/mol. The van der Waals surface area contributed by atoms with Gasteiger partial charge in [0.2, 0.25) is 5.91 Å². The van der Waals surface area contributed by atoms with Crippen molar-refractivity contribution in [1.82, 2.24) is 0 Å². The fraction of sp³-hybridized carbons (Fsp3) is 0.0500. The van der Waals surface area contributed by atoms with Gasteiger partial charge in [-0.15, -0.1) is 0 Å². The zero-order valence-electron chi connectivity index (χ0n) is 13.6. The molecular formula is C20H15F3N2O. The van der Waals surface area contributed by atoms with Crippen molar-refractivity contribution in [3.05, 3.63) is 89.7 Å². The number of nitrogens with one attached hydrogen (secondary N) is 2. The van der Waals surface area contributed by atoms with Gasteiger partial charge >= 0.3 is 0 Å². The van der Waals surface area contributed by atoms with E-state index in [4.69, 9.17) is 0 Å². The number of carbonyl (C=O) groups is 1. The smallest absolute Gasteiger partial charge is 0.228 e. The molecule has 0 unspecified atom stereocenters. The van der Waals surface area contributed by atoms with Crippen LogP contribution in [-0.2, 0) is 11.2 Å². The molecule has 3 aromatic rings. The summed E-state index contributed by atoms with van der Waals surface area (Å²) in [6.45, 7) is 0. The van der Waals surface area contributed by atoms with Gasteiger partial charge in [-0.25, -0.2) is 13.2 Å². The molecule has 0 heterocycles. The van der Waals surface area contributed by atoms with Crippen LogP contribution in [0.2, 0.25) is 0 Å². The van der Waals surface area contributed by atoms with Crippen molar-refractivity contribution in [2.45, 2.75) is 6.42 Å². The van der Waals surface area contributed by atoms with Gasteiger partial charge in [0, 0.05) is 11.4 Å². The minimum atomic E-state index is -0.697. The SMILES string of the molecule is O=C(Cc1cccc(F)c1)Nc1ccc(Nc2c(F)cccc2F)cc1. The topological polar surface area (TPSA) is 41.1 Å². The molecule has 3 rings (SSSR count). The third kappa shape index (κ3) is 4.42. The molecule has 2 N–H and O–H groups in total. The molecule has 0 radical (unpaired) electrons. The molecule has 132 valence electrons. The largest absolute Gasteiger partial charge is 0.351 e. The Bertz CT molecular complexity index is 906. The first-order valence-electron chi connectivity index (χ1n) is 7.86. The van der Waals surface area contributed by atoms with Crippen molar-refractivity contribution in [1.29, 1.82) is 0 Å². The molecule has 0 spiro atoms. The molecule has 0 fully saturated rings. The molecule has 1 amide bonds. The predicted octanol–water partition coefficient (Wildman–Crippen LogP) is 5.03. The number of para-hydroxylation sites is 1. The summed E-state index contributed by atoms with van der Waals surface area (Å²) >= 11 is 0. The Morgan fingerprint density at radius 3 is 2.08 bits per heavy atom. The minimum Gasteiger partial charge on any atom is -0.351 e. The van der Waals surface area contributed by atoms with Crippen molar-refractivity contribution >= 4 is 23.0 Å². The molecule has 3 aromatic carbocycles. The maximum absolute atomic E-state index is 13.6. The number of rotatable bonds is 5. The average molecular weight is 356 g/mol. The van der Waals surface area contributed by atoms with Crippen LogP contribution in [0.1, 0.15) is 5.56 Å². The van der Waals surface area contributed by atoms with E-state index in [9.17, 15) is 18.0 Å². The van der Waals surface area contributed by atoms with Gasteiger partial charge in [0.25, 0.3) is 0 Å². The maximum Gasteiger partial charge on any atom is 0.228 e. The van der Waals surface area contributed by atoms with Crippen LogP contribution >= 0.6 is 0 Å². The van der Waals surface area contributed by atoms with Gasteiger partial charge < -0.3 is 10.6 Å². The van der Waals surface area contributed by atoms with Crippen molar-refractivity contribution in [3.63, 3.8) is 0 Å². The van der Waals surface area contributed by atoms with Crippen LogP contribution in [0, 0.1) is 17.5 Å². The summed E-state index contributed by atoms with van der Waals surface area (Å²) in [7, 11) is 0. The Hall–Kier alpha value is -3.28. The summed E-state index contributed by atoms with van der Waals surface area (Å²) in [5.41, 5.74) is 1.31. The predicted molar refractivity (Wildman–Crippen MR) is 94.8 cm³/mol. The first-order valence-corrected chi connectivity index (χ1v) is 7.86. The van der Waals surface area contributed by atoms with Crippen molar-refractivity contribution in [3.8, 4) is 0 Å². The summed E-state index contributed by atoms with van der Waals surface area (Å²) in [5.74, 6) is -2.09. The summed E-state index contributed by atoms with van der Waals surface area (Å²) in [5, 5.41) is 5.35. The van der Waals surface area contributed by atoms with E-state index in [0.717, 1.165) is 12.1 Å². The van der Waals surface area contributed by atoms with Gasteiger partial charge in [-0.05, 0) is 54.1 Å². The van der Waals surface area contributed by atoms with E-state index in [0.29, 0.717) is 16.9 Å². The highest BCUT2D eigenvalue weighted by molar-refractivity contribution is 5.92. The number of hydrogen-bond acceptors (Lipinski definition) is 2. The molecule has 3 nitrogen and oxygen atoms in total. The van der Waals surface area contributed by atoms with Crippen molar-refractivity contribution in [2.24, 2.45) is 0 Å². The second-order valence-corrected chi connectivity index (χ2v) is 5.65. The van der Waals surface area contributed by atoms with Crippen LogP contribution in [0.15, 0.2) is 66.7 Å². The standard InChI is InChI=1S/C20H15F3N2O/c21-14-4-1-3-13(11-14)12-19(26)24-15-7-9-16(10-8-15)25-20-17(22)5-2-6-18(20)23/h1-11,25H,12H2,(H,24,26). The van der Waals surface area contributed by atoms with Crippen LogP contribution in [0.5, 0.6) is 0 Å². The summed E-state index contributed by atoms with van der Waals surface area (Å²) in [6, 6.07) is 15.8. The van der Waals surface area contributed by atoms with E-state index in [-0.39, 0.29) is 18.0 Å². The summed E-state index contributed by atoms with van der Waals surface area (Å²) < 4.78 is 40.4. The highest BCUT2D eigenvalue weighted by Crippen LogP contribution is 2.24. The number of benzene rings is 3. The number of hydrogen-bond donors (Lipinski definition) is 2. The quantitative estimate of drug-likeness (QED) is 0.673. The number of anilines is 3. The molecule has 26 heavy (non-hydrogen) atoms. The minimum absolute atomic E-state index is 0.0399. The molecule has 0 aliphatic carbocycles. The van der Waals surface area contributed by atoms with Crippen molar-refractivity contribution in [2.75, 3.05) is 10.6 Å². The first kappa shape index (κ1) is 17.5. The number of amides is 1. The second-order valence-electron chi connectivity index (χ2n) is 5.65. The lowest BCUT2D eigenvalue weighted by Crippen LogP contribution is -2.14. The molecule has 6 heteroatoms. The van der Waals surface area contributed by atoms with E-state index >= 15 is 0 Å². The Morgan fingerprint density at radius 2 is 1.42 bits per heavy atom. The lowest BCUT2D eigenvalue weighted by Gasteiger charge is -2.10. The highest BCUT2D eigenvalue weighted by Gasteiger charge is 2.09. The fourth-order valence-electron chi connectivity index (χ4n) is 2.44. The molecule has 0 aliphatic rings. The normalized spacial score (nSPS) is 10.4. The zero-order valence-corrected chi connectivity index (χ0v) is 13.6. The Kier molecular flexibility index (Phi) is 5.22. The van der Waals surface area contributed by atoms with E-state index in [1.165, 1.54) is 18.2 Å². The molecular weight excluding hydrogens is 341 g/mol. The van der Waals surface area contributed by atoms with Crippen LogP contribution in [0.3, 0.4) is 0 Å². The fourth-order valence-corrected chi connectivity index (χ4v) is 2.44. The number of halogens is 3. The zero-order chi connectivity index (χ0) is 18.5. The lowest BCUT2D eigenvalue weighted by atomic mass is 10.1. The van der Waals surface area contributed by atoms with E-state index < -0.39 is 17.5 Å². The molecule has 0 atom stereocenters. The molecule has 0 aromatic heterocycles. The van der Waals surface area contributed by atoms with Gasteiger partial charge in [0.05, 0.1) is 6.42 Å². The van der Waals surface area contributed by atoms with Gasteiger partial charge in [0.15, 0.2) is 0 Å². The Morgan fingerprint density at radius 1 is 0.808 bits per heavy atom. The van der Waals surface area contributed by atoms with Gasteiger partial charge in [-0.3, -0.25) is 4.79 Å². The Balaban J connectivity index is 1.63. The lowest BCUT2D eigenvalue weighted by molar-refractivity contribution is -0.115. The van der Waals surface area contributed by atoms with Crippen LogP contribution in [0.4, 0.5) is 30.2 Å². The summed E-state index contributed by atoms with van der Waals surface area (Å²) in [6.07, 6.45) is 0.0399.